The van der Waals surface area contributed by atoms with Gasteiger partial charge in [0.05, 0.1) is 12.2 Å². The molecule has 0 unspecified atom stereocenters. The van der Waals surface area contributed by atoms with E-state index in [-0.39, 0.29) is 0 Å². The summed E-state index contributed by atoms with van der Waals surface area (Å²) in [5.74, 6) is 1.43. The van der Waals surface area contributed by atoms with Crippen molar-refractivity contribution in [3.05, 3.63) is 53.6 Å². The second-order valence-corrected chi connectivity index (χ2v) is 7.69. The fourth-order valence-corrected chi connectivity index (χ4v) is 4.02. The van der Waals surface area contributed by atoms with Gasteiger partial charge in [0, 0.05) is 0 Å². The van der Waals surface area contributed by atoms with Gasteiger partial charge in [-0.05, 0) is 54.0 Å². The quantitative estimate of drug-likeness (QED) is 0.464. The molecule has 0 aliphatic heterocycles. The molecule has 0 N–H and O–H groups in total. The lowest BCUT2D eigenvalue weighted by molar-refractivity contribution is 0.304. The number of rotatable bonds is 8. The third-order valence-corrected chi connectivity index (χ3v) is 5.68. The second kappa shape index (κ2) is 10.2. The van der Waals surface area contributed by atoms with Gasteiger partial charge in [-0.1, -0.05) is 75.8 Å². The lowest BCUT2D eigenvalue weighted by Gasteiger charge is -2.22. The first-order chi connectivity index (χ1) is 13.3. The predicted molar refractivity (Wildman–Crippen MR) is 112 cm³/mol. The molecule has 2 aromatic rings. The molecule has 3 rings (SSSR count). The van der Waals surface area contributed by atoms with Crippen molar-refractivity contribution in [3.8, 4) is 22.9 Å². The maximum atomic E-state index is 9.51. The van der Waals surface area contributed by atoms with Crippen molar-refractivity contribution in [1.29, 1.82) is 5.26 Å². The van der Waals surface area contributed by atoms with Crippen LogP contribution in [-0.2, 0) is 0 Å². The summed E-state index contributed by atoms with van der Waals surface area (Å²) in [7, 11) is 0. The van der Waals surface area contributed by atoms with E-state index in [0.29, 0.717) is 17.9 Å². The standard InChI is InChI=1S/C25H31NO/c1-2-3-4-8-17-27-25-16-15-23(18-24(25)19-26)22-13-11-21(12-14-22)20-9-6-5-7-10-20/h11-16,18,20H,2-10,17H2,1H3. The minimum atomic E-state index is 0.624. The molecule has 0 atom stereocenters. The normalized spacial score (nSPS) is 14.7. The van der Waals surface area contributed by atoms with E-state index in [1.165, 1.54) is 62.5 Å². The summed E-state index contributed by atoms with van der Waals surface area (Å²) in [5.41, 5.74) is 4.34. The zero-order chi connectivity index (χ0) is 18.9. The molecule has 2 heteroatoms. The number of nitriles is 1. The Kier molecular flexibility index (Phi) is 7.34. The summed E-state index contributed by atoms with van der Waals surface area (Å²) >= 11 is 0. The number of unbranched alkanes of at least 4 members (excludes halogenated alkanes) is 3. The Bertz CT molecular complexity index is 751. The molecule has 0 saturated heterocycles. The van der Waals surface area contributed by atoms with E-state index in [0.717, 1.165) is 17.9 Å². The van der Waals surface area contributed by atoms with Gasteiger partial charge in [-0.25, -0.2) is 0 Å². The fourth-order valence-electron chi connectivity index (χ4n) is 4.02. The van der Waals surface area contributed by atoms with Crippen LogP contribution < -0.4 is 4.74 Å². The van der Waals surface area contributed by atoms with E-state index in [1.54, 1.807) is 0 Å². The summed E-state index contributed by atoms with van der Waals surface area (Å²) in [5, 5.41) is 9.51. The SMILES string of the molecule is CCCCCCOc1ccc(-c2ccc(C3CCCCC3)cc2)cc1C#N. The van der Waals surface area contributed by atoms with Crippen LogP contribution in [0.2, 0.25) is 0 Å². The molecule has 0 radical (unpaired) electrons. The first-order valence-electron chi connectivity index (χ1n) is 10.6. The highest BCUT2D eigenvalue weighted by Gasteiger charge is 2.15. The highest BCUT2D eigenvalue weighted by molar-refractivity contribution is 5.67. The Morgan fingerprint density at radius 2 is 1.67 bits per heavy atom. The average molecular weight is 362 g/mol. The zero-order valence-corrected chi connectivity index (χ0v) is 16.5. The Balaban J connectivity index is 1.66. The molecule has 142 valence electrons. The van der Waals surface area contributed by atoms with Crippen LogP contribution in [0.4, 0.5) is 0 Å². The van der Waals surface area contributed by atoms with Crippen LogP contribution >= 0.6 is 0 Å². The molecule has 1 aliphatic rings. The Morgan fingerprint density at radius 3 is 2.37 bits per heavy atom. The number of hydrogen-bond donors (Lipinski definition) is 0. The van der Waals surface area contributed by atoms with Gasteiger partial charge in [0.15, 0.2) is 0 Å². The van der Waals surface area contributed by atoms with Gasteiger partial charge in [0.1, 0.15) is 11.8 Å². The number of ether oxygens (including phenoxy) is 1. The molecule has 2 nitrogen and oxygen atoms in total. The molecule has 0 aromatic heterocycles. The fraction of sp³-hybridized carbons (Fsp3) is 0.480. The predicted octanol–water partition coefficient (Wildman–Crippen LogP) is 7.23. The van der Waals surface area contributed by atoms with Crippen LogP contribution in [0.5, 0.6) is 5.75 Å². The largest absolute Gasteiger partial charge is 0.492 e. The average Bonchev–Trinajstić information content (AvgIpc) is 2.74. The second-order valence-electron chi connectivity index (χ2n) is 7.69. The van der Waals surface area contributed by atoms with Crippen molar-refractivity contribution in [2.45, 2.75) is 70.6 Å². The summed E-state index contributed by atoms with van der Waals surface area (Å²) in [6.07, 6.45) is 11.4. The molecule has 0 bridgehead atoms. The van der Waals surface area contributed by atoms with E-state index in [4.69, 9.17) is 4.74 Å². The van der Waals surface area contributed by atoms with Gasteiger partial charge in [-0.3, -0.25) is 0 Å². The molecular formula is C25H31NO. The smallest absolute Gasteiger partial charge is 0.137 e. The molecule has 0 amide bonds. The van der Waals surface area contributed by atoms with Crippen LogP contribution in [0.15, 0.2) is 42.5 Å². The number of nitrogens with zero attached hydrogens (tertiary/aromatic N) is 1. The molecule has 0 heterocycles. The van der Waals surface area contributed by atoms with Crippen molar-refractivity contribution >= 4 is 0 Å². The molecule has 1 fully saturated rings. The van der Waals surface area contributed by atoms with Gasteiger partial charge in [-0.2, -0.15) is 5.26 Å². The van der Waals surface area contributed by atoms with Gasteiger partial charge < -0.3 is 4.74 Å². The number of hydrogen-bond acceptors (Lipinski definition) is 2. The van der Waals surface area contributed by atoms with E-state index >= 15 is 0 Å². The van der Waals surface area contributed by atoms with Gasteiger partial charge in [-0.15, -0.1) is 0 Å². The number of benzene rings is 2. The minimum absolute atomic E-state index is 0.624. The third kappa shape index (κ3) is 5.36. The van der Waals surface area contributed by atoms with E-state index in [1.807, 2.05) is 12.1 Å². The summed E-state index contributed by atoms with van der Waals surface area (Å²) in [6.45, 7) is 2.89. The third-order valence-electron chi connectivity index (χ3n) is 5.68. The first-order valence-corrected chi connectivity index (χ1v) is 10.6. The maximum absolute atomic E-state index is 9.51. The van der Waals surface area contributed by atoms with Gasteiger partial charge >= 0.3 is 0 Å². The van der Waals surface area contributed by atoms with Crippen LogP contribution in [0.3, 0.4) is 0 Å². The van der Waals surface area contributed by atoms with Gasteiger partial charge in [0.2, 0.25) is 0 Å². The summed E-state index contributed by atoms with van der Waals surface area (Å²) in [4.78, 5) is 0. The maximum Gasteiger partial charge on any atom is 0.137 e. The first kappa shape index (κ1) is 19.5. The lowest BCUT2D eigenvalue weighted by Crippen LogP contribution is -2.04. The van der Waals surface area contributed by atoms with Crippen molar-refractivity contribution in [3.63, 3.8) is 0 Å². The molecule has 1 aliphatic carbocycles. The molecule has 27 heavy (non-hydrogen) atoms. The molecule has 0 spiro atoms. The highest BCUT2D eigenvalue weighted by Crippen LogP contribution is 2.34. The van der Waals surface area contributed by atoms with Crippen LogP contribution in [0.25, 0.3) is 11.1 Å². The molecule has 2 aromatic carbocycles. The molecule has 1 saturated carbocycles. The van der Waals surface area contributed by atoms with E-state index < -0.39 is 0 Å². The van der Waals surface area contributed by atoms with Crippen molar-refractivity contribution < 1.29 is 4.74 Å². The van der Waals surface area contributed by atoms with Crippen molar-refractivity contribution in [2.75, 3.05) is 6.61 Å². The lowest BCUT2D eigenvalue weighted by atomic mass is 9.83. The van der Waals surface area contributed by atoms with Crippen molar-refractivity contribution in [1.82, 2.24) is 0 Å². The van der Waals surface area contributed by atoms with E-state index in [9.17, 15) is 5.26 Å². The van der Waals surface area contributed by atoms with Crippen molar-refractivity contribution in [2.24, 2.45) is 0 Å². The highest BCUT2D eigenvalue weighted by atomic mass is 16.5. The van der Waals surface area contributed by atoms with Crippen LogP contribution in [0, 0.1) is 11.3 Å². The Hall–Kier alpha value is -2.27. The Labute approximate surface area is 164 Å². The van der Waals surface area contributed by atoms with Gasteiger partial charge in [0.25, 0.3) is 0 Å². The van der Waals surface area contributed by atoms with E-state index in [2.05, 4.69) is 43.3 Å². The zero-order valence-electron chi connectivity index (χ0n) is 16.5. The molecular weight excluding hydrogens is 330 g/mol. The minimum Gasteiger partial charge on any atom is -0.492 e. The monoisotopic (exact) mass is 361 g/mol. The summed E-state index contributed by atoms with van der Waals surface area (Å²) < 4.78 is 5.84. The van der Waals surface area contributed by atoms with Crippen LogP contribution in [0.1, 0.15) is 81.8 Å². The summed E-state index contributed by atoms with van der Waals surface area (Å²) in [6, 6.07) is 17.2. The van der Waals surface area contributed by atoms with Crippen LogP contribution in [-0.4, -0.2) is 6.61 Å². The Morgan fingerprint density at radius 1 is 0.926 bits per heavy atom. The topological polar surface area (TPSA) is 33.0 Å².